The van der Waals surface area contributed by atoms with E-state index in [1.165, 1.54) is 15.9 Å². The number of benzene rings is 1. The normalized spacial score (nSPS) is 12.2. The van der Waals surface area contributed by atoms with Crippen molar-refractivity contribution in [3.05, 3.63) is 58.5 Å². The van der Waals surface area contributed by atoms with Gasteiger partial charge in [-0.25, -0.2) is 28.1 Å². The number of hydrogen-bond acceptors (Lipinski definition) is 5. The molecule has 0 N–H and O–H groups in total. The van der Waals surface area contributed by atoms with Gasteiger partial charge in [-0.05, 0) is 19.1 Å². The van der Waals surface area contributed by atoms with E-state index in [0.717, 1.165) is 16.9 Å². The van der Waals surface area contributed by atoms with Crippen molar-refractivity contribution in [2.24, 2.45) is 0 Å². The van der Waals surface area contributed by atoms with Crippen LogP contribution >= 0.6 is 11.3 Å². The lowest BCUT2D eigenvalue weighted by atomic mass is 10.1. The van der Waals surface area contributed by atoms with Crippen LogP contribution in [0.5, 0.6) is 0 Å². The van der Waals surface area contributed by atoms with Crippen LogP contribution in [0.3, 0.4) is 0 Å². The highest BCUT2D eigenvalue weighted by atomic mass is 32.1. The maximum Gasteiger partial charge on any atom is 0.262 e. The lowest BCUT2D eigenvalue weighted by Crippen LogP contribution is -2.21. The van der Waals surface area contributed by atoms with E-state index in [4.69, 9.17) is 6.57 Å². The summed E-state index contributed by atoms with van der Waals surface area (Å²) in [5.41, 5.74) is 2.81. The Kier molecular flexibility index (Phi) is 4.04. The standard InChI is InChI=1S/C20H15F2N7S/c1-11-27-29-9-13(25-19(29)30-11)7-17-26-16-8-24-15-5-4-12(23-3)6-14(15)18(16)28(17)10-20(2,21)22/h4-6,8-9H,7,10H2,1-2H3. The first kappa shape index (κ1) is 18.6. The van der Waals surface area contributed by atoms with Crippen LogP contribution in [0.25, 0.3) is 31.7 Å². The number of nitrogens with zero attached hydrogens (tertiary/aromatic N) is 7. The first-order valence-electron chi connectivity index (χ1n) is 9.15. The summed E-state index contributed by atoms with van der Waals surface area (Å²) in [4.78, 5) is 17.7. The van der Waals surface area contributed by atoms with Crippen LogP contribution in [-0.2, 0) is 13.0 Å². The lowest BCUT2D eigenvalue weighted by Gasteiger charge is -2.15. The fourth-order valence-corrected chi connectivity index (χ4v) is 4.34. The predicted octanol–water partition coefficient (Wildman–Crippen LogP) is 4.79. The second kappa shape index (κ2) is 6.53. The summed E-state index contributed by atoms with van der Waals surface area (Å²) >= 11 is 1.46. The number of rotatable bonds is 4. The minimum atomic E-state index is -2.94. The van der Waals surface area contributed by atoms with Gasteiger partial charge in [0.1, 0.15) is 16.3 Å². The molecule has 0 saturated carbocycles. The zero-order valence-electron chi connectivity index (χ0n) is 16.1. The molecule has 0 saturated heterocycles. The van der Waals surface area contributed by atoms with Crippen molar-refractivity contribution < 1.29 is 8.78 Å². The Bertz CT molecular complexity index is 1430. The van der Waals surface area contributed by atoms with E-state index in [2.05, 4.69) is 24.9 Å². The number of hydrogen-bond donors (Lipinski definition) is 0. The van der Waals surface area contributed by atoms with Gasteiger partial charge in [0.15, 0.2) is 5.69 Å². The van der Waals surface area contributed by atoms with Crippen LogP contribution in [0.4, 0.5) is 14.5 Å². The van der Waals surface area contributed by atoms with Gasteiger partial charge in [0.25, 0.3) is 5.92 Å². The monoisotopic (exact) mass is 423 g/mol. The summed E-state index contributed by atoms with van der Waals surface area (Å²) in [6.07, 6.45) is 3.66. The molecule has 0 aliphatic rings. The third-order valence-corrected chi connectivity index (χ3v) is 5.57. The molecular weight excluding hydrogens is 408 g/mol. The third-order valence-electron chi connectivity index (χ3n) is 4.73. The molecule has 1 aromatic carbocycles. The smallest absolute Gasteiger partial charge is 0.262 e. The highest BCUT2D eigenvalue weighted by Crippen LogP contribution is 2.31. The summed E-state index contributed by atoms with van der Waals surface area (Å²) in [7, 11) is 0. The van der Waals surface area contributed by atoms with E-state index in [1.54, 1.807) is 35.1 Å². The average Bonchev–Trinajstić information content (AvgIpc) is 3.31. The molecule has 0 radical (unpaired) electrons. The number of aryl methyl sites for hydroxylation is 1. The Labute approximate surface area is 173 Å². The molecular formula is C20H15F2N7S. The summed E-state index contributed by atoms with van der Waals surface area (Å²) in [5, 5.41) is 5.88. The topological polar surface area (TPSA) is 65.3 Å². The number of halogens is 2. The summed E-state index contributed by atoms with van der Waals surface area (Å²) in [6, 6.07) is 5.06. The van der Waals surface area contributed by atoms with Gasteiger partial charge in [-0.1, -0.05) is 17.4 Å². The van der Waals surface area contributed by atoms with Crippen LogP contribution < -0.4 is 0 Å². The van der Waals surface area contributed by atoms with E-state index in [9.17, 15) is 8.78 Å². The number of alkyl halides is 2. The number of imidazole rings is 2. The first-order valence-corrected chi connectivity index (χ1v) is 9.97. The Morgan fingerprint density at radius 1 is 1.23 bits per heavy atom. The van der Waals surface area contributed by atoms with E-state index in [0.29, 0.717) is 39.1 Å². The molecule has 5 aromatic rings. The second-order valence-corrected chi connectivity index (χ2v) is 8.41. The van der Waals surface area contributed by atoms with E-state index >= 15 is 0 Å². The largest absolute Gasteiger partial charge is 0.321 e. The molecule has 0 atom stereocenters. The number of fused-ring (bicyclic) bond motifs is 4. The molecule has 0 unspecified atom stereocenters. The predicted molar refractivity (Wildman–Crippen MR) is 110 cm³/mol. The minimum Gasteiger partial charge on any atom is -0.321 e. The molecule has 0 aliphatic heterocycles. The highest BCUT2D eigenvalue weighted by Gasteiger charge is 2.26. The summed E-state index contributed by atoms with van der Waals surface area (Å²) < 4.78 is 31.4. The molecule has 0 bridgehead atoms. The van der Waals surface area contributed by atoms with Crippen LogP contribution in [0, 0.1) is 13.5 Å². The van der Waals surface area contributed by atoms with Gasteiger partial charge in [0, 0.05) is 18.7 Å². The van der Waals surface area contributed by atoms with E-state index < -0.39 is 12.5 Å². The molecule has 7 nitrogen and oxygen atoms in total. The van der Waals surface area contributed by atoms with Gasteiger partial charge in [-0.3, -0.25) is 4.98 Å². The van der Waals surface area contributed by atoms with Crippen molar-refractivity contribution in [3.8, 4) is 0 Å². The van der Waals surface area contributed by atoms with Gasteiger partial charge in [-0.15, -0.1) is 0 Å². The minimum absolute atomic E-state index is 0.282. The zero-order valence-corrected chi connectivity index (χ0v) is 16.9. The molecule has 0 spiro atoms. The third kappa shape index (κ3) is 3.17. The van der Waals surface area contributed by atoms with Crippen LogP contribution in [-0.4, -0.2) is 35.1 Å². The van der Waals surface area contributed by atoms with Crippen molar-refractivity contribution in [2.75, 3.05) is 0 Å². The van der Waals surface area contributed by atoms with Gasteiger partial charge >= 0.3 is 0 Å². The van der Waals surface area contributed by atoms with Gasteiger partial charge in [-0.2, -0.15) is 5.10 Å². The molecule has 30 heavy (non-hydrogen) atoms. The van der Waals surface area contributed by atoms with E-state index in [1.807, 2.05) is 6.92 Å². The number of pyridine rings is 1. The molecule has 4 heterocycles. The Balaban J connectivity index is 1.71. The zero-order chi connectivity index (χ0) is 21.0. The quantitative estimate of drug-likeness (QED) is 0.390. The molecule has 5 rings (SSSR count). The molecule has 0 aliphatic carbocycles. The average molecular weight is 423 g/mol. The van der Waals surface area contributed by atoms with Crippen molar-refractivity contribution in [1.29, 1.82) is 0 Å². The highest BCUT2D eigenvalue weighted by molar-refractivity contribution is 7.16. The van der Waals surface area contributed by atoms with Crippen molar-refractivity contribution in [3.63, 3.8) is 0 Å². The van der Waals surface area contributed by atoms with Gasteiger partial charge in [0.2, 0.25) is 4.96 Å². The molecule has 0 fully saturated rings. The lowest BCUT2D eigenvalue weighted by molar-refractivity contribution is 0.00434. The molecule has 0 amide bonds. The maximum atomic E-state index is 14.1. The van der Waals surface area contributed by atoms with E-state index in [-0.39, 0.29) is 6.42 Å². The Morgan fingerprint density at radius 3 is 2.80 bits per heavy atom. The van der Waals surface area contributed by atoms with Gasteiger partial charge < -0.3 is 4.57 Å². The second-order valence-electron chi connectivity index (χ2n) is 7.25. The van der Waals surface area contributed by atoms with Crippen LogP contribution in [0.15, 0.2) is 30.6 Å². The van der Waals surface area contributed by atoms with Crippen molar-refractivity contribution in [2.45, 2.75) is 32.7 Å². The molecule has 150 valence electrons. The fourth-order valence-electron chi connectivity index (χ4n) is 3.59. The fraction of sp³-hybridized carbons (Fsp3) is 0.250. The van der Waals surface area contributed by atoms with Gasteiger partial charge in [0.05, 0.1) is 42.2 Å². The Hall–Kier alpha value is -3.45. The van der Waals surface area contributed by atoms with Crippen molar-refractivity contribution >= 4 is 43.9 Å². The SMILES string of the molecule is [C-]#[N+]c1ccc2ncc3nc(Cc4cn5nc(C)sc5n4)n(CC(C)(F)F)c3c2c1. The maximum absolute atomic E-state index is 14.1. The van der Waals surface area contributed by atoms with Crippen molar-refractivity contribution in [1.82, 2.24) is 29.1 Å². The van der Waals surface area contributed by atoms with Crippen LogP contribution in [0.2, 0.25) is 0 Å². The van der Waals surface area contributed by atoms with Crippen LogP contribution in [0.1, 0.15) is 23.4 Å². The number of aromatic nitrogens is 6. The molecule has 10 heteroatoms. The molecule has 4 aromatic heterocycles. The summed E-state index contributed by atoms with van der Waals surface area (Å²) in [5.74, 6) is -2.47. The Morgan fingerprint density at radius 2 is 2.07 bits per heavy atom. The first-order chi connectivity index (χ1) is 14.3. The summed E-state index contributed by atoms with van der Waals surface area (Å²) in [6.45, 7) is 9.53.